The molecule has 0 aliphatic carbocycles. The van der Waals surface area contributed by atoms with Gasteiger partial charge in [-0.15, -0.1) is 0 Å². The van der Waals surface area contributed by atoms with E-state index in [1.165, 1.54) is 5.56 Å². The molecule has 5 nitrogen and oxygen atoms in total. The third-order valence-corrected chi connectivity index (χ3v) is 7.97. The Morgan fingerprint density at radius 3 is 1.92 bits per heavy atom. The second kappa shape index (κ2) is 5.85. The van der Waals surface area contributed by atoms with E-state index in [0.29, 0.717) is 23.8 Å². The molecule has 0 unspecified atom stereocenters. The molecule has 4 saturated heterocycles. The molecule has 0 radical (unpaired) electrons. The zero-order chi connectivity index (χ0) is 18.9. The molecular formula is C21H34N2O3+2. The van der Waals surface area contributed by atoms with Crippen LogP contribution in [0.1, 0.15) is 39.4 Å². The number of hydrogen-bond acceptors (Lipinski definition) is 3. The minimum atomic E-state index is -0.210. The molecule has 4 aliphatic rings. The highest BCUT2D eigenvalue weighted by atomic mass is 16.5. The second-order valence-electron chi connectivity index (χ2n) is 9.57. The van der Waals surface area contributed by atoms with Crippen LogP contribution < -0.4 is 14.5 Å². The first-order chi connectivity index (χ1) is 12.2. The Kier molecular flexibility index (Phi) is 4.07. The van der Waals surface area contributed by atoms with Crippen molar-refractivity contribution in [3.63, 3.8) is 0 Å². The van der Waals surface area contributed by atoms with Crippen molar-refractivity contribution >= 4 is 0 Å². The van der Waals surface area contributed by atoms with Gasteiger partial charge in [0, 0.05) is 0 Å². The Balaban J connectivity index is 1.76. The zero-order valence-electron chi connectivity index (χ0n) is 16.7. The molecule has 0 spiro atoms. The minimum absolute atomic E-state index is 0.00292. The van der Waals surface area contributed by atoms with Crippen LogP contribution in [-0.2, 0) is 0 Å². The average Bonchev–Trinajstić information content (AvgIpc) is 2.58. The number of aromatic hydroxyl groups is 1. The van der Waals surface area contributed by atoms with Gasteiger partial charge in [-0.25, -0.2) is 0 Å². The van der Waals surface area contributed by atoms with E-state index in [4.69, 9.17) is 4.74 Å². The summed E-state index contributed by atoms with van der Waals surface area (Å²) in [7, 11) is 1.61. The molecule has 1 aromatic carbocycles. The minimum Gasteiger partial charge on any atom is -0.504 e. The summed E-state index contributed by atoms with van der Waals surface area (Å²) in [5.41, 5.74) is 1.24. The van der Waals surface area contributed by atoms with Gasteiger partial charge in [0.25, 0.3) is 0 Å². The van der Waals surface area contributed by atoms with Crippen LogP contribution in [0.2, 0.25) is 0 Å². The average molecular weight is 363 g/mol. The number of phenolic OH excluding ortho intramolecular Hbond substituents is 1. The molecular weight excluding hydrogens is 328 g/mol. The van der Waals surface area contributed by atoms with Gasteiger partial charge in [-0.2, -0.15) is 0 Å². The molecule has 4 N–H and O–H groups in total. The van der Waals surface area contributed by atoms with E-state index >= 15 is 0 Å². The number of aliphatic hydroxyl groups excluding tert-OH is 1. The van der Waals surface area contributed by atoms with Crippen molar-refractivity contribution in [1.82, 2.24) is 0 Å². The second-order valence-corrected chi connectivity index (χ2v) is 9.57. The molecule has 1 aromatic rings. The molecule has 4 heterocycles. The Hall–Kier alpha value is -1.30. The van der Waals surface area contributed by atoms with E-state index in [-0.39, 0.29) is 22.7 Å². The van der Waals surface area contributed by atoms with Gasteiger partial charge in [-0.1, -0.05) is 27.7 Å². The lowest BCUT2D eigenvalue weighted by atomic mass is 9.52. The van der Waals surface area contributed by atoms with Crippen LogP contribution in [0, 0.1) is 22.7 Å². The van der Waals surface area contributed by atoms with Crippen molar-refractivity contribution in [2.45, 2.75) is 40.0 Å². The first kappa shape index (κ1) is 18.1. The highest BCUT2D eigenvalue weighted by Gasteiger charge is 2.72. The van der Waals surface area contributed by atoms with Crippen molar-refractivity contribution < 1.29 is 24.7 Å². The molecule has 5 heteroatoms. The number of benzene rings is 1. The summed E-state index contributed by atoms with van der Waals surface area (Å²) in [6.07, 6.45) is 0.147. The topological polar surface area (TPSA) is 58.6 Å². The maximum Gasteiger partial charge on any atom is 0.240 e. The van der Waals surface area contributed by atoms with E-state index in [2.05, 4.69) is 27.7 Å². The van der Waals surface area contributed by atoms with Crippen molar-refractivity contribution in [3.05, 3.63) is 23.8 Å². The molecule has 0 aromatic heterocycles. The van der Waals surface area contributed by atoms with Crippen LogP contribution in [-0.4, -0.2) is 49.6 Å². The summed E-state index contributed by atoms with van der Waals surface area (Å²) in [6, 6.07) is 5.81. The number of nitrogens with one attached hydrogen (secondary N) is 2. The van der Waals surface area contributed by atoms with E-state index in [1.54, 1.807) is 23.0 Å². The number of piperidine rings is 2. The van der Waals surface area contributed by atoms with Gasteiger partial charge in [0.2, 0.25) is 6.17 Å². The van der Waals surface area contributed by atoms with Gasteiger partial charge in [0.1, 0.15) is 0 Å². The largest absolute Gasteiger partial charge is 0.504 e. The summed E-state index contributed by atoms with van der Waals surface area (Å²) in [6.45, 7) is 13.2. The Morgan fingerprint density at radius 1 is 1.00 bits per heavy atom. The molecule has 0 atom stereocenters. The number of hydrogen-bond donors (Lipinski definition) is 4. The molecule has 4 bridgehead atoms. The van der Waals surface area contributed by atoms with Crippen LogP contribution in [0.4, 0.5) is 0 Å². The maximum absolute atomic E-state index is 11.5. The lowest BCUT2D eigenvalue weighted by Crippen LogP contribution is -3.41. The van der Waals surface area contributed by atoms with Gasteiger partial charge in [0.05, 0.1) is 55.8 Å². The predicted octanol–water partition coefficient (Wildman–Crippen LogP) is -0.144. The van der Waals surface area contributed by atoms with Crippen LogP contribution in [0.5, 0.6) is 11.5 Å². The SMILES string of the molecule is COc1cc(C2[NH+]3CC4(C(C)C)C[NH+]2CC(C(C)C)(C3)C4O)ccc1O. The maximum atomic E-state index is 11.5. The summed E-state index contributed by atoms with van der Waals surface area (Å²) in [5, 5.41) is 21.4. The van der Waals surface area contributed by atoms with E-state index in [9.17, 15) is 10.2 Å². The van der Waals surface area contributed by atoms with E-state index in [0.717, 1.165) is 26.2 Å². The number of aliphatic hydroxyl groups is 1. The lowest BCUT2D eigenvalue weighted by Gasteiger charge is -2.66. The molecule has 26 heavy (non-hydrogen) atoms. The van der Waals surface area contributed by atoms with Crippen molar-refractivity contribution in [3.8, 4) is 11.5 Å². The first-order valence-corrected chi connectivity index (χ1v) is 9.99. The quantitative estimate of drug-likeness (QED) is 0.603. The standard InChI is InChI=1S/C21H32N2O3/c1-13(2)20-9-22-11-21(14(3)4,19(20)25)12-23(10-20)18(22)15-6-7-16(24)17(8-15)26-5/h6-8,13-14,18-19,24-25H,9-12H2,1-5H3/p+2. The molecule has 0 saturated carbocycles. The van der Waals surface area contributed by atoms with Crippen LogP contribution >= 0.6 is 0 Å². The number of ether oxygens (including phenoxy) is 1. The summed E-state index contributed by atoms with van der Waals surface area (Å²) in [4.78, 5) is 3.16. The van der Waals surface area contributed by atoms with E-state index < -0.39 is 0 Å². The molecule has 4 fully saturated rings. The number of phenols is 1. The van der Waals surface area contributed by atoms with Crippen molar-refractivity contribution in [2.24, 2.45) is 22.7 Å². The van der Waals surface area contributed by atoms with Crippen molar-refractivity contribution in [2.75, 3.05) is 33.3 Å². The first-order valence-electron chi connectivity index (χ1n) is 9.99. The number of rotatable bonds is 4. The summed E-state index contributed by atoms with van der Waals surface area (Å²) in [5.74, 6) is 1.69. The molecule has 0 amide bonds. The highest BCUT2D eigenvalue weighted by Crippen LogP contribution is 2.48. The molecule has 5 rings (SSSR count). The monoisotopic (exact) mass is 362 g/mol. The normalized spacial score (nSPS) is 41.2. The fourth-order valence-corrected chi connectivity index (χ4v) is 6.39. The van der Waals surface area contributed by atoms with Crippen LogP contribution in [0.15, 0.2) is 18.2 Å². The van der Waals surface area contributed by atoms with Crippen LogP contribution in [0.3, 0.4) is 0 Å². The van der Waals surface area contributed by atoms with E-state index in [1.807, 2.05) is 12.1 Å². The summed E-state index contributed by atoms with van der Waals surface area (Å²) < 4.78 is 5.35. The number of methoxy groups -OCH3 is 1. The Labute approximate surface area is 156 Å². The van der Waals surface area contributed by atoms with Crippen LogP contribution in [0.25, 0.3) is 0 Å². The lowest BCUT2D eigenvalue weighted by molar-refractivity contribution is -1.19. The zero-order valence-corrected chi connectivity index (χ0v) is 16.7. The van der Waals surface area contributed by atoms with Gasteiger partial charge < -0.3 is 14.9 Å². The Bertz CT molecular complexity index is 658. The molecule has 4 aliphatic heterocycles. The van der Waals surface area contributed by atoms with Gasteiger partial charge in [-0.3, -0.25) is 9.80 Å². The third-order valence-electron chi connectivity index (χ3n) is 7.97. The van der Waals surface area contributed by atoms with Crippen molar-refractivity contribution in [1.29, 1.82) is 0 Å². The van der Waals surface area contributed by atoms with Gasteiger partial charge >= 0.3 is 0 Å². The molecule has 144 valence electrons. The smallest absolute Gasteiger partial charge is 0.240 e. The fraction of sp³-hybridized carbons (Fsp3) is 0.714. The van der Waals surface area contributed by atoms with Gasteiger partial charge in [0.15, 0.2) is 11.5 Å². The fourth-order valence-electron chi connectivity index (χ4n) is 6.39. The number of quaternary nitrogens is 2. The third kappa shape index (κ3) is 2.20. The Morgan fingerprint density at radius 2 is 1.50 bits per heavy atom. The van der Waals surface area contributed by atoms with Gasteiger partial charge in [-0.05, 0) is 30.0 Å². The highest BCUT2D eigenvalue weighted by molar-refractivity contribution is 5.42. The summed E-state index contributed by atoms with van der Waals surface area (Å²) >= 11 is 0. The predicted molar refractivity (Wildman–Crippen MR) is 99.3 cm³/mol.